The van der Waals surface area contributed by atoms with Crippen LogP contribution in [0.25, 0.3) is 0 Å². The van der Waals surface area contributed by atoms with Gasteiger partial charge in [-0.25, -0.2) is 0 Å². The first kappa shape index (κ1) is 24.3. The average molecular weight is 218 g/mol. The highest BCUT2D eigenvalue weighted by atomic mass is 13.9. The van der Waals surface area contributed by atoms with Crippen LogP contribution < -0.4 is 0 Å². The average Bonchev–Trinajstić information content (AvgIpc) is 2.24. The van der Waals surface area contributed by atoms with Crippen molar-refractivity contribution in [2.45, 2.75) is 88.5 Å². The molecule has 0 aromatic heterocycles. The van der Waals surface area contributed by atoms with Crippen molar-refractivity contribution in [2.24, 2.45) is 11.8 Å². The van der Waals surface area contributed by atoms with Crippen LogP contribution in [0.1, 0.15) is 88.5 Å². The predicted octanol–water partition coefficient (Wildman–Crippen LogP) is 6.55. The fourth-order valence-corrected chi connectivity index (χ4v) is 0.577. The highest BCUT2D eigenvalue weighted by molar-refractivity contribution is 4.38. The lowest BCUT2D eigenvalue weighted by Gasteiger charge is -1.95. The summed E-state index contributed by atoms with van der Waals surface area (Å²) in [5.74, 6) is 1.78. The second-order valence-corrected chi connectivity index (χ2v) is 3.98. The molecule has 0 aromatic rings. The molecule has 98 valence electrons. The highest BCUT2D eigenvalue weighted by Crippen LogP contribution is 2.00. The first-order valence-corrected chi connectivity index (χ1v) is 7.04. The highest BCUT2D eigenvalue weighted by Gasteiger charge is 1.85. The number of rotatable bonds is 3. The van der Waals surface area contributed by atoms with Gasteiger partial charge in [0.2, 0.25) is 0 Å². The molecule has 0 saturated heterocycles. The first-order valence-electron chi connectivity index (χ1n) is 7.04. The van der Waals surface area contributed by atoms with Crippen LogP contribution in [-0.4, -0.2) is 0 Å². The van der Waals surface area contributed by atoms with E-state index in [4.69, 9.17) is 0 Å². The van der Waals surface area contributed by atoms with E-state index in [0.29, 0.717) is 0 Å². The minimum Gasteiger partial charge on any atom is -0.0683 e. The summed E-state index contributed by atoms with van der Waals surface area (Å²) in [4.78, 5) is 0. The fraction of sp³-hybridized carbons (Fsp3) is 1.00. The van der Waals surface area contributed by atoms with Gasteiger partial charge in [-0.3, -0.25) is 0 Å². The lowest BCUT2D eigenvalue weighted by Crippen LogP contribution is -1.81. The van der Waals surface area contributed by atoms with Crippen LogP contribution >= 0.6 is 0 Å². The van der Waals surface area contributed by atoms with E-state index >= 15 is 0 Å². The summed E-state index contributed by atoms with van der Waals surface area (Å²) >= 11 is 0. The Morgan fingerprint density at radius 2 is 0.933 bits per heavy atom. The molecule has 0 N–H and O–H groups in total. The zero-order chi connectivity index (χ0) is 13.3. The maximum atomic E-state index is 2.25. The molecule has 0 aliphatic heterocycles. The van der Waals surface area contributed by atoms with Gasteiger partial charge in [0.15, 0.2) is 0 Å². The molecule has 0 amide bonds. The Hall–Kier alpha value is 0. The van der Waals surface area contributed by atoms with Crippen LogP contribution in [0.4, 0.5) is 0 Å². The van der Waals surface area contributed by atoms with Gasteiger partial charge in [0, 0.05) is 0 Å². The van der Waals surface area contributed by atoms with E-state index in [-0.39, 0.29) is 0 Å². The second kappa shape index (κ2) is 29.2. The summed E-state index contributed by atoms with van der Waals surface area (Å²) in [5, 5.41) is 0. The van der Waals surface area contributed by atoms with Crippen molar-refractivity contribution >= 4 is 0 Å². The van der Waals surface area contributed by atoms with Crippen LogP contribution in [0.15, 0.2) is 0 Å². The maximum absolute atomic E-state index is 2.25. The van der Waals surface area contributed by atoms with E-state index in [2.05, 4.69) is 41.5 Å². The van der Waals surface area contributed by atoms with Crippen molar-refractivity contribution in [3.8, 4) is 0 Å². The van der Waals surface area contributed by atoms with Crippen LogP contribution in [0.2, 0.25) is 0 Å². The van der Waals surface area contributed by atoms with E-state index in [1.165, 1.54) is 19.3 Å². The molecular formula is C15H38. The SMILES string of the molecule is CC.CC.CCC(C)C.CCCC(C)C. The van der Waals surface area contributed by atoms with Crippen LogP contribution in [0, 0.1) is 11.8 Å². The monoisotopic (exact) mass is 218 g/mol. The zero-order valence-corrected chi connectivity index (χ0v) is 13.3. The van der Waals surface area contributed by atoms with Crippen molar-refractivity contribution in [1.29, 1.82) is 0 Å². The molecular weight excluding hydrogens is 180 g/mol. The van der Waals surface area contributed by atoms with Crippen molar-refractivity contribution < 1.29 is 0 Å². The molecule has 0 nitrogen and oxygen atoms in total. The molecule has 0 saturated carbocycles. The molecule has 15 heavy (non-hydrogen) atoms. The largest absolute Gasteiger partial charge is 0.0683 e. The minimum atomic E-state index is 0.884. The quantitative estimate of drug-likeness (QED) is 0.504. The van der Waals surface area contributed by atoms with E-state index in [1.54, 1.807) is 0 Å². The Balaban J connectivity index is -0.0000000610. The lowest BCUT2D eigenvalue weighted by molar-refractivity contribution is 0.576. The van der Waals surface area contributed by atoms with Gasteiger partial charge in [-0.1, -0.05) is 88.5 Å². The molecule has 0 unspecified atom stereocenters. The molecule has 0 bridgehead atoms. The van der Waals surface area contributed by atoms with Gasteiger partial charge < -0.3 is 0 Å². The van der Waals surface area contributed by atoms with Crippen molar-refractivity contribution in [1.82, 2.24) is 0 Å². The molecule has 0 aliphatic carbocycles. The lowest BCUT2D eigenvalue weighted by atomic mass is 10.1. The Morgan fingerprint density at radius 1 is 0.667 bits per heavy atom. The standard InChI is InChI=1S/C6H14.C5H12.2C2H6/c1-4-5-6(2)3;1-4-5(2)3;2*1-2/h6H,4-5H2,1-3H3;5H,4H2,1-3H3;2*1-2H3. The van der Waals surface area contributed by atoms with Gasteiger partial charge in [0.05, 0.1) is 0 Å². The molecule has 0 atom stereocenters. The summed E-state index contributed by atoms with van der Waals surface area (Å²) < 4.78 is 0. The fourth-order valence-electron chi connectivity index (χ4n) is 0.577. The Labute approximate surface area is 101 Å². The van der Waals surface area contributed by atoms with E-state index in [1.807, 2.05) is 27.7 Å². The summed E-state index contributed by atoms with van der Waals surface area (Å²) in [5.41, 5.74) is 0. The third-order valence-electron chi connectivity index (χ3n) is 1.68. The molecule has 0 spiro atoms. The summed E-state index contributed by atoms with van der Waals surface area (Å²) in [6.45, 7) is 21.4. The third-order valence-corrected chi connectivity index (χ3v) is 1.68. The van der Waals surface area contributed by atoms with E-state index in [9.17, 15) is 0 Å². The van der Waals surface area contributed by atoms with Crippen molar-refractivity contribution in [3.63, 3.8) is 0 Å². The van der Waals surface area contributed by atoms with Gasteiger partial charge in [-0.05, 0) is 11.8 Å². The van der Waals surface area contributed by atoms with E-state index < -0.39 is 0 Å². The number of hydrogen-bond acceptors (Lipinski definition) is 0. The molecule has 0 rings (SSSR count). The van der Waals surface area contributed by atoms with Crippen LogP contribution in [-0.2, 0) is 0 Å². The topological polar surface area (TPSA) is 0 Å². The summed E-state index contributed by atoms with van der Waals surface area (Å²) in [7, 11) is 0. The maximum Gasteiger partial charge on any atom is -0.0471 e. The molecule has 0 radical (unpaired) electrons. The molecule has 0 heterocycles. The minimum absolute atomic E-state index is 0.884. The van der Waals surface area contributed by atoms with Gasteiger partial charge >= 0.3 is 0 Å². The predicted molar refractivity (Wildman–Crippen MR) is 77.6 cm³/mol. The second-order valence-electron chi connectivity index (χ2n) is 3.98. The third kappa shape index (κ3) is 80.6. The van der Waals surface area contributed by atoms with Crippen molar-refractivity contribution in [2.75, 3.05) is 0 Å². The molecule has 0 aliphatic rings. The summed E-state index contributed by atoms with van der Waals surface area (Å²) in [6, 6.07) is 0. The van der Waals surface area contributed by atoms with Crippen molar-refractivity contribution in [3.05, 3.63) is 0 Å². The number of hydrogen-bond donors (Lipinski definition) is 0. The van der Waals surface area contributed by atoms with Gasteiger partial charge in [-0.2, -0.15) is 0 Å². The summed E-state index contributed by atoms with van der Waals surface area (Å²) in [6.07, 6.45) is 4.01. The van der Waals surface area contributed by atoms with E-state index in [0.717, 1.165) is 11.8 Å². The molecule has 0 fully saturated rings. The smallest absolute Gasteiger partial charge is 0.0471 e. The normalized spacial score (nSPS) is 8.00. The van der Waals surface area contributed by atoms with Gasteiger partial charge in [-0.15, -0.1) is 0 Å². The zero-order valence-electron chi connectivity index (χ0n) is 13.3. The van der Waals surface area contributed by atoms with Gasteiger partial charge in [0.25, 0.3) is 0 Å². The van der Waals surface area contributed by atoms with Crippen LogP contribution in [0.5, 0.6) is 0 Å². The Morgan fingerprint density at radius 3 is 0.933 bits per heavy atom. The molecule has 0 aromatic carbocycles. The molecule has 0 heteroatoms. The van der Waals surface area contributed by atoms with Gasteiger partial charge in [0.1, 0.15) is 0 Å². The first-order chi connectivity index (χ1) is 7.04. The Bertz CT molecular complexity index is 53.1. The van der Waals surface area contributed by atoms with Crippen LogP contribution in [0.3, 0.4) is 0 Å². The Kier molecular flexibility index (Phi) is 47.3.